The Hall–Kier alpha value is -2.39. The molecule has 3 heteroatoms. The van der Waals surface area contributed by atoms with Crippen LogP contribution in [0.25, 0.3) is 22.3 Å². The standard InChI is InChI=1S/C21H22O2Si/c1-15-18(16-11-7-5-8-12-16)19(17-13-9-6-10-14-17)20(22)23-21(15)24(2,3)4/h5-14H,1-4H3. The number of benzene rings is 2. The van der Waals surface area contributed by atoms with Gasteiger partial charge in [0, 0.05) is 5.56 Å². The Kier molecular flexibility index (Phi) is 4.29. The van der Waals surface area contributed by atoms with Crippen LogP contribution < -0.4 is 11.0 Å². The maximum atomic E-state index is 12.9. The van der Waals surface area contributed by atoms with E-state index in [1.54, 1.807) is 0 Å². The largest absolute Gasteiger partial charge is 0.433 e. The lowest BCUT2D eigenvalue weighted by molar-refractivity contribution is 0.540. The van der Waals surface area contributed by atoms with E-state index in [4.69, 9.17) is 4.42 Å². The van der Waals surface area contributed by atoms with E-state index in [9.17, 15) is 4.79 Å². The summed E-state index contributed by atoms with van der Waals surface area (Å²) in [7, 11) is -1.76. The van der Waals surface area contributed by atoms with Crippen molar-refractivity contribution in [2.45, 2.75) is 26.6 Å². The molecule has 0 fully saturated rings. The first kappa shape index (κ1) is 16.5. The third-order valence-corrected chi connectivity index (χ3v) is 6.01. The first-order chi connectivity index (χ1) is 11.4. The van der Waals surface area contributed by atoms with E-state index in [-0.39, 0.29) is 5.63 Å². The summed E-state index contributed by atoms with van der Waals surface area (Å²) in [5.41, 5.74) is 4.44. The van der Waals surface area contributed by atoms with Gasteiger partial charge in [-0.1, -0.05) is 80.3 Å². The molecule has 1 heterocycles. The molecule has 3 rings (SSSR count). The minimum Gasteiger partial charge on any atom is -0.433 e. The third kappa shape index (κ3) is 3.00. The molecule has 0 amide bonds. The number of hydrogen-bond donors (Lipinski definition) is 0. The van der Waals surface area contributed by atoms with Crippen LogP contribution in [0.5, 0.6) is 0 Å². The molecule has 0 bridgehead atoms. The molecule has 122 valence electrons. The van der Waals surface area contributed by atoms with E-state index in [2.05, 4.69) is 38.7 Å². The first-order valence-corrected chi connectivity index (χ1v) is 11.7. The lowest BCUT2D eigenvalue weighted by atomic mass is 9.93. The van der Waals surface area contributed by atoms with Gasteiger partial charge in [-0.3, -0.25) is 0 Å². The number of hydrogen-bond acceptors (Lipinski definition) is 2. The van der Waals surface area contributed by atoms with Crippen LogP contribution in [0, 0.1) is 6.92 Å². The lowest BCUT2D eigenvalue weighted by Crippen LogP contribution is -2.42. The van der Waals surface area contributed by atoms with E-state index in [0.717, 1.165) is 27.6 Å². The smallest absolute Gasteiger partial charge is 0.344 e. The van der Waals surface area contributed by atoms with Gasteiger partial charge in [-0.25, -0.2) is 4.79 Å². The topological polar surface area (TPSA) is 30.2 Å². The van der Waals surface area contributed by atoms with Gasteiger partial charge in [-0.15, -0.1) is 0 Å². The molecule has 1 aromatic heterocycles. The highest BCUT2D eigenvalue weighted by molar-refractivity contribution is 6.88. The summed E-state index contributed by atoms with van der Waals surface area (Å²) in [6.07, 6.45) is 0. The monoisotopic (exact) mass is 334 g/mol. The molecular weight excluding hydrogens is 312 g/mol. The van der Waals surface area contributed by atoms with Gasteiger partial charge >= 0.3 is 5.63 Å². The van der Waals surface area contributed by atoms with Gasteiger partial charge < -0.3 is 4.42 Å². The maximum Gasteiger partial charge on any atom is 0.344 e. The summed E-state index contributed by atoms with van der Waals surface area (Å²) < 4.78 is 5.83. The molecule has 3 aromatic rings. The van der Waals surface area contributed by atoms with E-state index >= 15 is 0 Å². The predicted octanol–water partition coefficient (Wildman–Crippen LogP) is 4.83. The van der Waals surface area contributed by atoms with Gasteiger partial charge in [-0.2, -0.15) is 0 Å². The summed E-state index contributed by atoms with van der Waals surface area (Å²) in [4.78, 5) is 12.9. The quantitative estimate of drug-likeness (QED) is 0.642. The Bertz CT molecular complexity index is 904. The molecule has 0 aliphatic heterocycles. The molecular formula is C21H22O2Si. The fourth-order valence-electron chi connectivity index (χ4n) is 3.17. The van der Waals surface area contributed by atoms with Gasteiger partial charge in [0.25, 0.3) is 0 Å². The zero-order valence-electron chi connectivity index (χ0n) is 14.6. The molecule has 0 atom stereocenters. The molecule has 0 aliphatic carbocycles. The van der Waals surface area contributed by atoms with Crippen LogP contribution in [0.2, 0.25) is 19.6 Å². The van der Waals surface area contributed by atoms with Crippen molar-refractivity contribution in [3.8, 4) is 22.3 Å². The minimum atomic E-state index is -1.76. The highest BCUT2D eigenvalue weighted by Crippen LogP contribution is 2.32. The van der Waals surface area contributed by atoms with Crippen LogP contribution >= 0.6 is 0 Å². The Morgan fingerprint density at radius 1 is 0.750 bits per heavy atom. The zero-order chi connectivity index (χ0) is 17.3. The zero-order valence-corrected chi connectivity index (χ0v) is 15.6. The van der Waals surface area contributed by atoms with Gasteiger partial charge in [0.1, 0.15) is 8.07 Å². The molecule has 0 aliphatic rings. The van der Waals surface area contributed by atoms with Gasteiger partial charge in [0.05, 0.1) is 10.9 Å². The van der Waals surface area contributed by atoms with Crippen molar-refractivity contribution in [1.29, 1.82) is 0 Å². The summed E-state index contributed by atoms with van der Waals surface area (Å²) in [5.74, 6) is 0. The van der Waals surface area contributed by atoms with E-state index in [0.29, 0.717) is 5.56 Å². The average molecular weight is 334 g/mol. The van der Waals surface area contributed by atoms with Crippen molar-refractivity contribution < 1.29 is 4.42 Å². The molecule has 2 aromatic carbocycles. The fraction of sp³-hybridized carbons (Fsp3) is 0.190. The van der Waals surface area contributed by atoms with Crippen molar-refractivity contribution in [3.63, 3.8) is 0 Å². The second kappa shape index (κ2) is 6.25. The summed E-state index contributed by atoms with van der Waals surface area (Å²) in [5, 5.41) is 0.881. The van der Waals surface area contributed by atoms with Crippen molar-refractivity contribution >= 4 is 13.5 Å². The molecule has 0 spiro atoms. The van der Waals surface area contributed by atoms with Crippen molar-refractivity contribution in [2.75, 3.05) is 0 Å². The molecule has 0 N–H and O–H groups in total. The van der Waals surface area contributed by atoms with Crippen molar-refractivity contribution in [3.05, 3.63) is 76.6 Å². The summed E-state index contributed by atoms with van der Waals surface area (Å²) in [6.45, 7) is 8.69. The molecule has 0 saturated heterocycles. The van der Waals surface area contributed by atoms with Crippen LogP contribution in [0.4, 0.5) is 0 Å². The average Bonchev–Trinajstić information content (AvgIpc) is 2.57. The van der Waals surface area contributed by atoms with Gasteiger partial charge in [0.15, 0.2) is 0 Å². The van der Waals surface area contributed by atoms with Crippen LogP contribution in [0.1, 0.15) is 5.56 Å². The molecule has 0 saturated carbocycles. The minimum absolute atomic E-state index is 0.247. The Balaban J connectivity index is 2.42. The van der Waals surface area contributed by atoms with Crippen molar-refractivity contribution in [2.24, 2.45) is 0 Å². The predicted molar refractivity (Wildman–Crippen MR) is 104 cm³/mol. The van der Waals surface area contributed by atoms with E-state index in [1.807, 2.05) is 48.5 Å². The van der Waals surface area contributed by atoms with Gasteiger partial charge in [0.2, 0.25) is 0 Å². The molecule has 2 nitrogen and oxygen atoms in total. The second-order valence-corrected chi connectivity index (χ2v) is 12.0. The van der Waals surface area contributed by atoms with E-state index < -0.39 is 8.07 Å². The lowest BCUT2D eigenvalue weighted by Gasteiger charge is -2.21. The van der Waals surface area contributed by atoms with Crippen LogP contribution in [0.15, 0.2) is 69.9 Å². The number of rotatable bonds is 3. The Morgan fingerprint density at radius 2 is 1.21 bits per heavy atom. The van der Waals surface area contributed by atoms with Crippen LogP contribution in [-0.4, -0.2) is 8.07 Å². The van der Waals surface area contributed by atoms with Gasteiger partial charge in [-0.05, 0) is 23.6 Å². The normalized spacial score (nSPS) is 11.5. The van der Waals surface area contributed by atoms with E-state index in [1.165, 1.54) is 0 Å². The SMILES string of the molecule is Cc1c([Si](C)(C)C)oc(=O)c(-c2ccccc2)c1-c1ccccc1. The summed E-state index contributed by atoms with van der Waals surface area (Å²) in [6, 6.07) is 19.9. The first-order valence-electron chi connectivity index (χ1n) is 8.18. The molecule has 0 unspecified atom stereocenters. The fourth-order valence-corrected chi connectivity index (χ4v) is 4.82. The second-order valence-electron chi connectivity index (χ2n) is 7.08. The Morgan fingerprint density at radius 3 is 1.67 bits per heavy atom. The highest BCUT2D eigenvalue weighted by Gasteiger charge is 2.27. The van der Waals surface area contributed by atoms with Crippen molar-refractivity contribution in [1.82, 2.24) is 0 Å². The summed E-state index contributed by atoms with van der Waals surface area (Å²) >= 11 is 0. The van der Waals surface area contributed by atoms with Crippen LogP contribution in [0.3, 0.4) is 0 Å². The molecule has 24 heavy (non-hydrogen) atoms. The van der Waals surface area contributed by atoms with Crippen LogP contribution in [-0.2, 0) is 0 Å². The maximum absolute atomic E-state index is 12.9. The Labute approximate surface area is 143 Å². The highest BCUT2D eigenvalue weighted by atomic mass is 28.3. The third-order valence-electron chi connectivity index (χ3n) is 4.17. The molecule has 0 radical (unpaired) electrons.